The van der Waals surface area contributed by atoms with Crippen molar-refractivity contribution >= 4 is 23.0 Å². The number of hydrogen-bond donors (Lipinski definition) is 2. The molecule has 4 rings (SSSR count). The van der Waals surface area contributed by atoms with Gasteiger partial charge in [0.25, 0.3) is 17.8 Å². The number of alkyl halides is 2. The number of allylic oxidation sites excluding steroid dienone is 2. The quantitative estimate of drug-likeness (QED) is 0.815. The minimum absolute atomic E-state index is 0.00643. The lowest BCUT2D eigenvalue weighted by molar-refractivity contribution is -0.131. The standard InChI is InChI=1S/C20H21F3N4O2/c1-11-2-4-14(24)13(8-11)18(28)27-7-6-20(22,23)17(27)10-25-19-26-15-5-3-12(21)9-16(15)29-19/h2-3,5,8-9,14,17H,4,6-7,10,24H2,1H3,(H,25,26)/t14?,17-/m1/s1. The van der Waals surface area contributed by atoms with Gasteiger partial charge in [-0.05, 0) is 31.6 Å². The largest absolute Gasteiger partial charge is 0.423 e. The van der Waals surface area contributed by atoms with E-state index in [-0.39, 0.29) is 24.7 Å². The summed E-state index contributed by atoms with van der Waals surface area (Å²) >= 11 is 0. The van der Waals surface area contributed by atoms with Crippen LogP contribution >= 0.6 is 0 Å². The fourth-order valence-electron chi connectivity index (χ4n) is 3.72. The van der Waals surface area contributed by atoms with Gasteiger partial charge in [0.1, 0.15) is 17.4 Å². The number of oxazole rings is 1. The van der Waals surface area contributed by atoms with Crippen LogP contribution in [0.2, 0.25) is 0 Å². The number of fused-ring (bicyclic) bond motifs is 1. The highest BCUT2D eigenvalue weighted by molar-refractivity contribution is 5.96. The maximum absolute atomic E-state index is 14.5. The number of carbonyl (C=O) groups is 1. The van der Waals surface area contributed by atoms with E-state index < -0.39 is 36.2 Å². The van der Waals surface area contributed by atoms with Crippen LogP contribution in [-0.4, -0.2) is 46.9 Å². The average molecular weight is 406 g/mol. The Hall–Kier alpha value is -2.81. The Kier molecular flexibility index (Phi) is 4.85. The molecule has 1 aromatic carbocycles. The molecule has 2 aliphatic rings. The van der Waals surface area contributed by atoms with Crippen molar-refractivity contribution in [1.82, 2.24) is 9.88 Å². The molecule has 6 nitrogen and oxygen atoms in total. The first-order valence-corrected chi connectivity index (χ1v) is 9.37. The summed E-state index contributed by atoms with van der Waals surface area (Å²) < 4.78 is 47.7. The fourth-order valence-corrected chi connectivity index (χ4v) is 3.72. The van der Waals surface area contributed by atoms with Crippen molar-refractivity contribution in [2.75, 3.05) is 18.4 Å². The molecule has 0 radical (unpaired) electrons. The highest BCUT2D eigenvalue weighted by Crippen LogP contribution is 2.36. The Balaban J connectivity index is 1.53. The number of halogens is 3. The molecule has 9 heteroatoms. The lowest BCUT2D eigenvalue weighted by Gasteiger charge is -2.30. The molecule has 0 spiro atoms. The summed E-state index contributed by atoms with van der Waals surface area (Å²) in [5.41, 5.74) is 7.86. The minimum atomic E-state index is -3.06. The molecule has 1 saturated heterocycles. The van der Waals surface area contributed by atoms with Gasteiger partial charge in [0.05, 0.1) is 0 Å². The predicted molar refractivity (Wildman–Crippen MR) is 102 cm³/mol. The van der Waals surface area contributed by atoms with E-state index in [0.717, 1.165) is 5.57 Å². The maximum atomic E-state index is 14.5. The second-order valence-corrected chi connectivity index (χ2v) is 7.43. The Morgan fingerprint density at radius 1 is 1.45 bits per heavy atom. The summed E-state index contributed by atoms with van der Waals surface area (Å²) in [5, 5.41) is 2.72. The number of likely N-dealkylation sites (tertiary alicyclic amines) is 1. The number of aromatic nitrogens is 1. The Bertz CT molecular complexity index is 1010. The summed E-state index contributed by atoms with van der Waals surface area (Å²) in [7, 11) is 0. The summed E-state index contributed by atoms with van der Waals surface area (Å²) in [4.78, 5) is 18.2. The van der Waals surface area contributed by atoms with Gasteiger partial charge in [0.2, 0.25) is 0 Å². The van der Waals surface area contributed by atoms with Gasteiger partial charge in [-0.3, -0.25) is 4.79 Å². The van der Waals surface area contributed by atoms with Gasteiger partial charge in [-0.1, -0.05) is 11.6 Å². The van der Waals surface area contributed by atoms with E-state index in [0.29, 0.717) is 17.5 Å². The lowest BCUT2D eigenvalue weighted by atomic mass is 9.94. The molecule has 1 aliphatic heterocycles. The number of nitrogens with zero attached hydrogens (tertiary/aromatic N) is 2. The van der Waals surface area contributed by atoms with Crippen molar-refractivity contribution in [2.45, 2.75) is 37.8 Å². The van der Waals surface area contributed by atoms with Crippen LogP contribution in [0.5, 0.6) is 0 Å². The van der Waals surface area contributed by atoms with Gasteiger partial charge in [-0.2, -0.15) is 4.98 Å². The molecule has 2 atom stereocenters. The van der Waals surface area contributed by atoms with E-state index in [2.05, 4.69) is 10.3 Å². The molecule has 1 unspecified atom stereocenters. The SMILES string of the molecule is CC1=CCC(N)C(C(=O)N2CCC(F)(F)[C@H]2CNc2nc3ccc(F)cc3o2)=C1. The zero-order valence-corrected chi connectivity index (χ0v) is 15.8. The summed E-state index contributed by atoms with van der Waals surface area (Å²) in [6.45, 7) is 1.52. The normalized spacial score (nSPS) is 23.8. The first-order valence-electron chi connectivity index (χ1n) is 9.37. The van der Waals surface area contributed by atoms with E-state index in [1.165, 1.54) is 23.1 Å². The van der Waals surface area contributed by atoms with Crippen molar-refractivity contribution in [1.29, 1.82) is 0 Å². The van der Waals surface area contributed by atoms with Crippen molar-refractivity contribution in [2.24, 2.45) is 5.73 Å². The van der Waals surface area contributed by atoms with Crippen LogP contribution in [0.25, 0.3) is 11.1 Å². The molecule has 3 N–H and O–H groups in total. The smallest absolute Gasteiger partial charge is 0.295 e. The highest BCUT2D eigenvalue weighted by Gasteiger charge is 2.51. The molecule has 1 aromatic heterocycles. The van der Waals surface area contributed by atoms with Crippen LogP contribution in [0.15, 0.2) is 45.9 Å². The third-order valence-electron chi connectivity index (χ3n) is 5.33. The molecule has 1 fully saturated rings. The van der Waals surface area contributed by atoms with Gasteiger partial charge >= 0.3 is 0 Å². The molecule has 2 aromatic rings. The monoisotopic (exact) mass is 406 g/mol. The second kappa shape index (κ2) is 7.22. The number of anilines is 1. The number of benzene rings is 1. The van der Waals surface area contributed by atoms with Crippen LogP contribution in [0, 0.1) is 5.82 Å². The van der Waals surface area contributed by atoms with Gasteiger partial charge in [0.15, 0.2) is 5.58 Å². The van der Waals surface area contributed by atoms with Crippen molar-refractivity contribution in [3.05, 3.63) is 47.3 Å². The predicted octanol–water partition coefficient (Wildman–Crippen LogP) is 3.22. The molecule has 0 bridgehead atoms. The number of nitrogens with two attached hydrogens (primary N) is 1. The molecule has 154 valence electrons. The minimum Gasteiger partial charge on any atom is -0.423 e. The van der Waals surface area contributed by atoms with Crippen LogP contribution in [0.4, 0.5) is 19.2 Å². The molecule has 29 heavy (non-hydrogen) atoms. The zero-order valence-electron chi connectivity index (χ0n) is 15.8. The van der Waals surface area contributed by atoms with Gasteiger partial charge in [0, 0.05) is 37.2 Å². The Morgan fingerprint density at radius 2 is 2.24 bits per heavy atom. The van der Waals surface area contributed by atoms with E-state index in [1.807, 2.05) is 13.0 Å². The summed E-state index contributed by atoms with van der Waals surface area (Å²) in [6.07, 6.45) is 3.64. The third-order valence-corrected chi connectivity index (χ3v) is 5.33. The molecule has 2 heterocycles. The molecular formula is C20H21F3N4O2. The molecule has 1 aliphatic carbocycles. The Morgan fingerprint density at radius 3 is 3.03 bits per heavy atom. The summed E-state index contributed by atoms with van der Waals surface area (Å²) in [5.74, 6) is -4.03. The van der Waals surface area contributed by atoms with E-state index in [1.54, 1.807) is 6.08 Å². The van der Waals surface area contributed by atoms with E-state index >= 15 is 0 Å². The maximum Gasteiger partial charge on any atom is 0.295 e. The van der Waals surface area contributed by atoms with Crippen LogP contribution in [-0.2, 0) is 4.79 Å². The van der Waals surface area contributed by atoms with Crippen LogP contribution < -0.4 is 11.1 Å². The third kappa shape index (κ3) is 3.74. The first-order chi connectivity index (χ1) is 13.7. The van der Waals surface area contributed by atoms with Crippen molar-refractivity contribution in [3.63, 3.8) is 0 Å². The van der Waals surface area contributed by atoms with Gasteiger partial charge < -0.3 is 20.4 Å². The van der Waals surface area contributed by atoms with Crippen LogP contribution in [0.3, 0.4) is 0 Å². The lowest BCUT2D eigenvalue weighted by Crippen LogP contribution is -2.49. The second-order valence-electron chi connectivity index (χ2n) is 7.43. The topological polar surface area (TPSA) is 84.4 Å². The van der Waals surface area contributed by atoms with E-state index in [9.17, 15) is 18.0 Å². The highest BCUT2D eigenvalue weighted by atomic mass is 19.3. The number of rotatable bonds is 4. The average Bonchev–Trinajstić information content (AvgIpc) is 3.20. The number of nitrogens with one attached hydrogen (secondary N) is 1. The zero-order chi connectivity index (χ0) is 20.8. The number of amides is 1. The summed E-state index contributed by atoms with van der Waals surface area (Å²) in [6, 6.07) is 1.94. The van der Waals surface area contributed by atoms with Gasteiger partial charge in [-0.15, -0.1) is 0 Å². The van der Waals surface area contributed by atoms with E-state index in [4.69, 9.17) is 10.2 Å². The van der Waals surface area contributed by atoms with Crippen molar-refractivity contribution in [3.8, 4) is 0 Å². The first kappa shape index (κ1) is 19.5. The molecule has 1 amide bonds. The molecular weight excluding hydrogens is 385 g/mol. The fraction of sp³-hybridized carbons (Fsp3) is 0.400. The van der Waals surface area contributed by atoms with Crippen molar-refractivity contribution < 1.29 is 22.4 Å². The van der Waals surface area contributed by atoms with Gasteiger partial charge in [-0.25, -0.2) is 13.2 Å². The van der Waals surface area contributed by atoms with Crippen LogP contribution in [0.1, 0.15) is 19.8 Å². The number of carbonyl (C=O) groups excluding carboxylic acids is 1. The Labute approximate surface area is 165 Å². The molecule has 0 saturated carbocycles. The number of hydrogen-bond acceptors (Lipinski definition) is 5.